The quantitative estimate of drug-likeness (QED) is 0.558. The maximum atomic E-state index is 14.0. The van der Waals surface area contributed by atoms with E-state index in [-0.39, 0.29) is 11.4 Å². The van der Waals surface area contributed by atoms with Gasteiger partial charge in [-0.25, -0.2) is 8.78 Å². The molecule has 27 heavy (non-hydrogen) atoms. The topological polar surface area (TPSA) is 88.8 Å². The number of anilines is 1. The summed E-state index contributed by atoms with van der Waals surface area (Å²) in [6.45, 7) is 0. The molecule has 0 bridgehead atoms. The van der Waals surface area contributed by atoms with Crippen LogP contribution in [0.3, 0.4) is 0 Å². The minimum Gasteiger partial charge on any atom is -0.361 e. The normalized spacial score (nSPS) is 14.4. The van der Waals surface area contributed by atoms with Gasteiger partial charge >= 0.3 is 0 Å². The Morgan fingerprint density at radius 3 is 2.63 bits per heavy atom. The molecule has 2 aromatic rings. The molecule has 0 radical (unpaired) electrons. The summed E-state index contributed by atoms with van der Waals surface area (Å²) in [6, 6.07) is 11.7. The Morgan fingerprint density at radius 1 is 1.22 bits per heavy atom. The summed E-state index contributed by atoms with van der Waals surface area (Å²) in [5.74, 6) is -1.62. The third kappa shape index (κ3) is 4.01. The molecule has 0 spiro atoms. The van der Waals surface area contributed by atoms with Crippen molar-refractivity contribution in [1.82, 2.24) is 5.32 Å². The molecule has 0 atom stereocenters. The van der Waals surface area contributed by atoms with E-state index in [1.54, 1.807) is 18.2 Å². The highest BCUT2D eigenvalue weighted by Crippen LogP contribution is 2.49. The van der Waals surface area contributed by atoms with Gasteiger partial charge in [0.1, 0.15) is 17.5 Å². The standard InChI is InChI=1S/C20H16F2N4O/c21-14-9-13(12-23)10-15(11-14)25-8-5-18(24)26-19(27)20(6-7-20)16-3-1-2-4-17(16)22/h1-5,8-11,25H,6-7H2,(H2,24,26,27)/b8-5-. The molecule has 0 saturated heterocycles. The predicted octanol–water partition coefficient (Wildman–Crippen LogP) is 3.59. The molecule has 1 fully saturated rings. The lowest BCUT2D eigenvalue weighted by Gasteiger charge is -2.16. The van der Waals surface area contributed by atoms with Gasteiger partial charge in [-0.3, -0.25) is 10.2 Å². The van der Waals surface area contributed by atoms with E-state index in [2.05, 4.69) is 10.6 Å². The van der Waals surface area contributed by atoms with E-state index in [0.717, 1.165) is 6.07 Å². The molecule has 136 valence electrons. The first kappa shape index (κ1) is 18.3. The number of hydrogen-bond donors (Lipinski definition) is 3. The molecule has 0 aromatic heterocycles. The molecular weight excluding hydrogens is 350 g/mol. The maximum Gasteiger partial charge on any atom is 0.236 e. The number of hydrogen-bond acceptors (Lipinski definition) is 4. The number of amidine groups is 1. The number of nitriles is 1. The molecule has 0 heterocycles. The molecule has 2 aromatic carbocycles. The van der Waals surface area contributed by atoms with Crippen LogP contribution in [0.4, 0.5) is 14.5 Å². The number of rotatable bonds is 5. The number of nitrogens with one attached hydrogen (secondary N) is 3. The Kier molecular flexibility index (Phi) is 4.99. The van der Waals surface area contributed by atoms with Gasteiger partial charge in [0.25, 0.3) is 0 Å². The Balaban J connectivity index is 1.62. The van der Waals surface area contributed by atoms with Crippen LogP contribution in [0.15, 0.2) is 54.7 Å². The van der Waals surface area contributed by atoms with Crippen molar-refractivity contribution in [3.8, 4) is 6.07 Å². The predicted molar refractivity (Wildman–Crippen MR) is 97.1 cm³/mol. The van der Waals surface area contributed by atoms with Crippen molar-refractivity contribution < 1.29 is 13.6 Å². The van der Waals surface area contributed by atoms with Crippen LogP contribution in [-0.4, -0.2) is 11.7 Å². The Morgan fingerprint density at radius 2 is 1.96 bits per heavy atom. The zero-order valence-corrected chi connectivity index (χ0v) is 14.2. The minimum atomic E-state index is -0.927. The molecule has 0 aliphatic heterocycles. The van der Waals surface area contributed by atoms with Crippen LogP contribution in [0.1, 0.15) is 24.0 Å². The second-order valence-electron chi connectivity index (χ2n) is 6.25. The lowest BCUT2D eigenvalue weighted by molar-refractivity contribution is -0.122. The van der Waals surface area contributed by atoms with Crippen molar-refractivity contribution in [1.29, 1.82) is 10.7 Å². The molecule has 3 N–H and O–H groups in total. The first-order chi connectivity index (χ1) is 12.9. The monoisotopic (exact) mass is 366 g/mol. The molecule has 0 unspecified atom stereocenters. The van der Waals surface area contributed by atoms with Crippen LogP contribution in [0.5, 0.6) is 0 Å². The highest BCUT2D eigenvalue weighted by Gasteiger charge is 2.52. The number of carbonyl (C=O) groups excluding carboxylic acids is 1. The summed E-state index contributed by atoms with van der Waals surface area (Å²) >= 11 is 0. The lowest BCUT2D eigenvalue weighted by Crippen LogP contribution is -2.38. The molecular formula is C20H16F2N4O. The fourth-order valence-corrected chi connectivity index (χ4v) is 2.84. The Hall–Kier alpha value is -3.53. The van der Waals surface area contributed by atoms with Crippen LogP contribution in [-0.2, 0) is 10.2 Å². The zero-order chi connectivity index (χ0) is 19.4. The van der Waals surface area contributed by atoms with Gasteiger partial charge in [-0.05, 0) is 43.2 Å². The SMILES string of the molecule is N#Cc1cc(F)cc(N/C=C\C(=N)NC(=O)C2(c3ccccc3F)CC2)c1. The highest BCUT2D eigenvalue weighted by molar-refractivity contribution is 6.07. The molecule has 1 aliphatic rings. The minimum absolute atomic E-state index is 0.162. The molecule has 1 saturated carbocycles. The lowest BCUT2D eigenvalue weighted by atomic mass is 9.94. The number of carbonyl (C=O) groups is 1. The largest absolute Gasteiger partial charge is 0.361 e. The van der Waals surface area contributed by atoms with Crippen molar-refractivity contribution >= 4 is 17.4 Å². The van der Waals surface area contributed by atoms with Crippen LogP contribution in [0.25, 0.3) is 0 Å². The first-order valence-corrected chi connectivity index (χ1v) is 8.23. The molecule has 3 rings (SSSR count). The smallest absolute Gasteiger partial charge is 0.236 e. The van der Waals surface area contributed by atoms with Gasteiger partial charge in [-0.2, -0.15) is 5.26 Å². The van der Waals surface area contributed by atoms with Crippen LogP contribution in [0.2, 0.25) is 0 Å². The van der Waals surface area contributed by atoms with Crippen LogP contribution in [0, 0.1) is 28.4 Å². The first-order valence-electron chi connectivity index (χ1n) is 8.23. The maximum absolute atomic E-state index is 14.0. The Bertz CT molecular complexity index is 974. The second-order valence-corrected chi connectivity index (χ2v) is 6.25. The molecule has 5 nitrogen and oxygen atoms in total. The summed E-state index contributed by atoms with van der Waals surface area (Å²) in [5, 5.41) is 21.9. The average molecular weight is 366 g/mol. The van der Waals surface area contributed by atoms with Crippen molar-refractivity contribution in [2.45, 2.75) is 18.3 Å². The van der Waals surface area contributed by atoms with E-state index in [1.165, 1.54) is 30.5 Å². The fraction of sp³-hybridized carbons (Fsp3) is 0.150. The summed E-state index contributed by atoms with van der Waals surface area (Å²) in [6.07, 6.45) is 3.68. The third-order valence-corrected chi connectivity index (χ3v) is 4.35. The summed E-state index contributed by atoms with van der Waals surface area (Å²) in [4.78, 5) is 12.5. The van der Waals surface area contributed by atoms with E-state index in [0.29, 0.717) is 24.1 Å². The van der Waals surface area contributed by atoms with E-state index in [4.69, 9.17) is 10.7 Å². The zero-order valence-electron chi connectivity index (χ0n) is 14.2. The molecule has 7 heteroatoms. The summed E-state index contributed by atoms with van der Waals surface area (Å²) in [5.41, 5.74) is -0.0913. The van der Waals surface area contributed by atoms with Crippen molar-refractivity contribution in [3.63, 3.8) is 0 Å². The highest BCUT2D eigenvalue weighted by atomic mass is 19.1. The van der Waals surface area contributed by atoms with E-state index in [9.17, 15) is 13.6 Å². The Labute approximate surface area is 154 Å². The molecule has 1 aliphatic carbocycles. The van der Waals surface area contributed by atoms with Crippen LogP contribution >= 0.6 is 0 Å². The fourth-order valence-electron chi connectivity index (χ4n) is 2.84. The number of amides is 1. The van der Waals surface area contributed by atoms with E-state index < -0.39 is 23.0 Å². The van der Waals surface area contributed by atoms with E-state index >= 15 is 0 Å². The summed E-state index contributed by atoms with van der Waals surface area (Å²) in [7, 11) is 0. The van der Waals surface area contributed by atoms with Gasteiger partial charge in [0.15, 0.2) is 0 Å². The van der Waals surface area contributed by atoms with Gasteiger partial charge in [-0.15, -0.1) is 0 Å². The van der Waals surface area contributed by atoms with Crippen LogP contribution < -0.4 is 10.6 Å². The van der Waals surface area contributed by atoms with Gasteiger partial charge in [0.05, 0.1) is 17.0 Å². The van der Waals surface area contributed by atoms with E-state index in [1.807, 2.05) is 6.07 Å². The van der Waals surface area contributed by atoms with Crippen molar-refractivity contribution in [2.75, 3.05) is 5.32 Å². The van der Waals surface area contributed by atoms with Gasteiger partial charge in [0, 0.05) is 17.5 Å². The number of benzene rings is 2. The second kappa shape index (κ2) is 7.38. The van der Waals surface area contributed by atoms with Gasteiger partial charge in [-0.1, -0.05) is 18.2 Å². The number of nitrogens with zero attached hydrogens (tertiary/aromatic N) is 1. The van der Waals surface area contributed by atoms with Crippen molar-refractivity contribution in [3.05, 3.63) is 77.5 Å². The van der Waals surface area contributed by atoms with Gasteiger partial charge < -0.3 is 10.6 Å². The third-order valence-electron chi connectivity index (χ3n) is 4.35. The van der Waals surface area contributed by atoms with Crippen molar-refractivity contribution in [2.24, 2.45) is 0 Å². The average Bonchev–Trinajstić information content (AvgIpc) is 3.43. The number of halogens is 2. The summed E-state index contributed by atoms with van der Waals surface area (Å²) < 4.78 is 27.4. The van der Waals surface area contributed by atoms with Gasteiger partial charge in [0.2, 0.25) is 5.91 Å². The molecule has 1 amide bonds.